The molecule has 0 heterocycles. The predicted octanol–water partition coefficient (Wildman–Crippen LogP) is 4.53. The van der Waals surface area contributed by atoms with E-state index in [1.165, 1.54) is 0 Å². The van der Waals surface area contributed by atoms with Gasteiger partial charge in [-0.25, -0.2) is 4.79 Å². The molecule has 0 amide bonds. The summed E-state index contributed by atoms with van der Waals surface area (Å²) in [6, 6.07) is 13.3. The number of alkyl halides is 1. The highest BCUT2D eigenvalue weighted by atomic mass is 35.5. The number of rotatable bonds is 2. The van der Waals surface area contributed by atoms with E-state index in [1.54, 1.807) is 6.07 Å². The van der Waals surface area contributed by atoms with Gasteiger partial charge in [-0.15, -0.1) is 11.6 Å². The first kappa shape index (κ1) is 14.1. The molecule has 0 aromatic heterocycles. The molecule has 1 fully saturated rings. The summed E-state index contributed by atoms with van der Waals surface area (Å²) in [4.78, 5) is 17.3. The number of oxime groups is 1. The second kappa shape index (κ2) is 6.27. The van der Waals surface area contributed by atoms with Crippen LogP contribution in [0.3, 0.4) is 0 Å². The van der Waals surface area contributed by atoms with Gasteiger partial charge in [0.1, 0.15) is 0 Å². The third-order valence-corrected chi connectivity index (χ3v) is 4.23. The van der Waals surface area contributed by atoms with Gasteiger partial charge in [0.2, 0.25) is 0 Å². The molecule has 1 aliphatic rings. The second-order valence-corrected chi connectivity index (χ2v) is 5.73. The van der Waals surface area contributed by atoms with Crippen molar-refractivity contribution in [3.63, 3.8) is 0 Å². The minimum Gasteiger partial charge on any atom is -0.313 e. The molecule has 2 aromatic rings. The molecule has 2 aromatic carbocycles. The Labute approximate surface area is 128 Å². The van der Waals surface area contributed by atoms with Gasteiger partial charge in [-0.1, -0.05) is 48.0 Å². The number of hydrogen-bond acceptors (Lipinski definition) is 3. The van der Waals surface area contributed by atoms with Crippen LogP contribution in [0.4, 0.5) is 0 Å². The molecule has 0 spiro atoms. The van der Waals surface area contributed by atoms with E-state index >= 15 is 0 Å². The number of benzene rings is 2. The van der Waals surface area contributed by atoms with Crippen molar-refractivity contribution in [2.75, 3.05) is 0 Å². The van der Waals surface area contributed by atoms with Crippen molar-refractivity contribution in [3.8, 4) is 0 Å². The zero-order chi connectivity index (χ0) is 14.7. The summed E-state index contributed by atoms with van der Waals surface area (Å²) in [5.41, 5.74) is 1.30. The quantitative estimate of drug-likeness (QED) is 0.464. The van der Waals surface area contributed by atoms with Crippen LogP contribution in [-0.2, 0) is 4.84 Å². The van der Waals surface area contributed by atoms with Crippen LogP contribution in [0.25, 0.3) is 10.8 Å². The van der Waals surface area contributed by atoms with Gasteiger partial charge >= 0.3 is 5.97 Å². The number of carbonyl (C=O) groups is 1. The average Bonchev–Trinajstić information content (AvgIpc) is 2.53. The molecule has 0 aliphatic heterocycles. The first-order valence-corrected chi connectivity index (χ1v) is 7.59. The number of carbonyl (C=O) groups excluding carboxylic acids is 1. The first-order valence-electron chi connectivity index (χ1n) is 7.15. The Balaban J connectivity index is 1.83. The molecule has 3 nitrogen and oxygen atoms in total. The van der Waals surface area contributed by atoms with Gasteiger partial charge in [-0.3, -0.25) is 0 Å². The summed E-state index contributed by atoms with van der Waals surface area (Å²) < 4.78 is 0. The number of nitrogens with zero attached hydrogens (tertiary/aromatic N) is 1. The topological polar surface area (TPSA) is 38.7 Å². The monoisotopic (exact) mass is 301 g/mol. The van der Waals surface area contributed by atoms with E-state index in [4.69, 9.17) is 16.4 Å². The highest BCUT2D eigenvalue weighted by molar-refractivity contribution is 6.32. The lowest BCUT2D eigenvalue weighted by atomic mass is 9.98. The van der Waals surface area contributed by atoms with Gasteiger partial charge in [-0.2, -0.15) is 0 Å². The van der Waals surface area contributed by atoms with Crippen LogP contribution in [0.2, 0.25) is 0 Å². The largest absolute Gasteiger partial charge is 0.366 e. The Morgan fingerprint density at radius 3 is 2.81 bits per heavy atom. The Kier molecular flexibility index (Phi) is 4.20. The molecule has 0 saturated heterocycles. The maximum Gasteiger partial charge on any atom is 0.366 e. The minimum absolute atomic E-state index is 0.112. The van der Waals surface area contributed by atoms with Crippen LogP contribution in [0.15, 0.2) is 47.6 Å². The van der Waals surface area contributed by atoms with Crippen LogP contribution in [0.1, 0.15) is 36.0 Å². The third kappa shape index (κ3) is 3.08. The normalized spacial score (nSPS) is 20.6. The van der Waals surface area contributed by atoms with Gasteiger partial charge in [0.15, 0.2) is 0 Å². The first-order chi connectivity index (χ1) is 10.3. The molecule has 108 valence electrons. The lowest BCUT2D eigenvalue weighted by molar-refractivity contribution is 0.0516. The van der Waals surface area contributed by atoms with Gasteiger partial charge < -0.3 is 4.84 Å². The van der Waals surface area contributed by atoms with E-state index < -0.39 is 5.97 Å². The fourth-order valence-corrected chi connectivity index (χ4v) is 2.91. The highest BCUT2D eigenvalue weighted by Gasteiger charge is 2.19. The maximum absolute atomic E-state index is 12.2. The molecule has 0 radical (unpaired) electrons. The SMILES string of the molecule is O=C(ON=C1CCCCC1Cl)c1cccc2ccccc12. The maximum atomic E-state index is 12.2. The number of halogens is 1. The van der Waals surface area contributed by atoms with Crippen LogP contribution < -0.4 is 0 Å². The van der Waals surface area contributed by atoms with E-state index in [0.717, 1.165) is 42.2 Å². The summed E-state index contributed by atoms with van der Waals surface area (Å²) in [5, 5.41) is 5.75. The van der Waals surface area contributed by atoms with Gasteiger partial charge in [0, 0.05) is 0 Å². The van der Waals surface area contributed by atoms with Crippen LogP contribution >= 0.6 is 11.6 Å². The van der Waals surface area contributed by atoms with Crippen LogP contribution in [0.5, 0.6) is 0 Å². The highest BCUT2D eigenvalue weighted by Crippen LogP contribution is 2.22. The number of fused-ring (bicyclic) bond motifs is 1. The fraction of sp³-hybridized carbons (Fsp3) is 0.294. The Morgan fingerprint density at radius 2 is 1.95 bits per heavy atom. The van der Waals surface area contributed by atoms with E-state index in [1.807, 2.05) is 36.4 Å². The zero-order valence-corrected chi connectivity index (χ0v) is 12.3. The fourth-order valence-electron chi connectivity index (χ4n) is 2.61. The van der Waals surface area contributed by atoms with E-state index in [2.05, 4.69) is 5.16 Å². The standard InChI is InChI=1S/C17H16ClNO2/c18-15-10-3-4-11-16(15)19-21-17(20)14-9-5-7-12-6-1-2-8-13(12)14/h1-2,5-9,15H,3-4,10-11H2. The summed E-state index contributed by atoms with van der Waals surface area (Å²) >= 11 is 6.19. The predicted molar refractivity (Wildman–Crippen MR) is 84.9 cm³/mol. The van der Waals surface area contributed by atoms with E-state index in [-0.39, 0.29) is 5.38 Å². The lowest BCUT2D eigenvalue weighted by Gasteiger charge is -2.17. The molecule has 1 aliphatic carbocycles. The van der Waals surface area contributed by atoms with Crippen molar-refractivity contribution < 1.29 is 9.63 Å². The Morgan fingerprint density at radius 1 is 1.14 bits per heavy atom. The van der Waals surface area contributed by atoms with Crippen LogP contribution in [-0.4, -0.2) is 17.1 Å². The van der Waals surface area contributed by atoms with Crippen molar-refractivity contribution in [2.45, 2.75) is 31.1 Å². The summed E-state index contributed by atoms with van der Waals surface area (Å²) in [6.07, 6.45) is 3.85. The van der Waals surface area contributed by atoms with Crippen molar-refractivity contribution in [1.82, 2.24) is 0 Å². The minimum atomic E-state index is -0.436. The average molecular weight is 302 g/mol. The molecule has 0 bridgehead atoms. The van der Waals surface area contributed by atoms with Gasteiger partial charge in [0.25, 0.3) is 0 Å². The smallest absolute Gasteiger partial charge is 0.313 e. The molecule has 1 saturated carbocycles. The Hall–Kier alpha value is -1.87. The summed E-state index contributed by atoms with van der Waals surface area (Å²) in [5.74, 6) is -0.436. The molecular weight excluding hydrogens is 286 g/mol. The van der Waals surface area contributed by atoms with Crippen molar-refractivity contribution in [3.05, 3.63) is 48.0 Å². The zero-order valence-electron chi connectivity index (χ0n) is 11.6. The van der Waals surface area contributed by atoms with Crippen molar-refractivity contribution >= 4 is 34.1 Å². The van der Waals surface area contributed by atoms with Crippen LogP contribution in [0, 0.1) is 0 Å². The summed E-state index contributed by atoms with van der Waals surface area (Å²) in [6.45, 7) is 0. The molecule has 4 heteroatoms. The van der Waals surface area contributed by atoms with Gasteiger partial charge in [-0.05, 0) is 36.1 Å². The Bertz CT molecular complexity index is 691. The molecule has 21 heavy (non-hydrogen) atoms. The number of hydrogen-bond donors (Lipinski definition) is 0. The molecule has 1 unspecified atom stereocenters. The molecular formula is C17H16ClNO2. The van der Waals surface area contributed by atoms with Crippen molar-refractivity contribution in [1.29, 1.82) is 0 Å². The molecule has 1 atom stereocenters. The van der Waals surface area contributed by atoms with E-state index in [0.29, 0.717) is 5.56 Å². The summed E-state index contributed by atoms with van der Waals surface area (Å²) in [7, 11) is 0. The van der Waals surface area contributed by atoms with Crippen molar-refractivity contribution in [2.24, 2.45) is 5.16 Å². The molecule has 0 N–H and O–H groups in total. The third-order valence-electron chi connectivity index (χ3n) is 3.76. The second-order valence-electron chi connectivity index (χ2n) is 5.20. The van der Waals surface area contributed by atoms with Gasteiger partial charge in [0.05, 0.1) is 16.7 Å². The molecule has 3 rings (SSSR count). The lowest BCUT2D eigenvalue weighted by Crippen LogP contribution is -2.20. The van der Waals surface area contributed by atoms with E-state index in [9.17, 15) is 4.79 Å².